The van der Waals surface area contributed by atoms with Gasteiger partial charge in [0, 0.05) is 17.1 Å². The molecule has 0 saturated heterocycles. The van der Waals surface area contributed by atoms with Gasteiger partial charge in [-0.1, -0.05) is 28.9 Å². The molecule has 1 aromatic carbocycles. The Morgan fingerprint density at radius 1 is 0.980 bits per heavy atom. The van der Waals surface area contributed by atoms with Gasteiger partial charge in [-0.3, -0.25) is 32.9 Å². The van der Waals surface area contributed by atoms with E-state index < -0.39 is 62.0 Å². The SMILES string of the molecule is CCN(COC/C(C)=C/CCP(=O)(OCOC(=O)C(C)(C)C)OCOC(=O)C(C)(C)C)C(=O)OCc1ccc(NC(=O)[C@H](C)N=[N+]=[N-])cc1. The number of esters is 2. The van der Waals surface area contributed by atoms with Crippen molar-refractivity contribution in [3.05, 3.63) is 51.9 Å². The molecule has 49 heavy (non-hydrogen) atoms. The number of carbonyl (C=O) groups is 4. The van der Waals surface area contributed by atoms with Crippen LogP contribution in [0.15, 0.2) is 41.0 Å². The summed E-state index contributed by atoms with van der Waals surface area (Å²) in [6, 6.07) is 5.79. The molecule has 0 unspecified atom stereocenters. The third-order valence-corrected chi connectivity index (χ3v) is 8.21. The van der Waals surface area contributed by atoms with E-state index in [9.17, 15) is 23.7 Å². The average Bonchev–Trinajstić information content (AvgIpc) is 3.01. The number of hydrogen-bond acceptors (Lipinski definition) is 12. The monoisotopic (exact) mass is 711 g/mol. The molecule has 0 spiro atoms. The summed E-state index contributed by atoms with van der Waals surface area (Å²) >= 11 is 0. The Labute approximate surface area is 287 Å². The van der Waals surface area contributed by atoms with Crippen molar-refractivity contribution >= 4 is 37.2 Å². The molecular formula is C32H50N5O11P. The second-order valence-corrected chi connectivity index (χ2v) is 15.2. The number of rotatable bonds is 19. The molecule has 17 heteroatoms. The van der Waals surface area contributed by atoms with Crippen LogP contribution in [0, 0.1) is 10.8 Å². The molecule has 1 rings (SSSR count). The van der Waals surface area contributed by atoms with Gasteiger partial charge >= 0.3 is 25.6 Å². The molecule has 16 nitrogen and oxygen atoms in total. The first kappa shape index (κ1) is 43.1. The van der Waals surface area contributed by atoms with Gasteiger partial charge in [0.1, 0.15) is 19.4 Å². The minimum Gasteiger partial charge on any atom is -0.444 e. The lowest BCUT2D eigenvalue weighted by Gasteiger charge is -2.22. The molecule has 1 atom stereocenters. The lowest BCUT2D eigenvalue weighted by Crippen LogP contribution is -2.33. The molecule has 1 aromatic rings. The predicted octanol–water partition coefficient (Wildman–Crippen LogP) is 6.91. The molecule has 0 aliphatic rings. The zero-order valence-corrected chi connectivity index (χ0v) is 30.7. The number of ether oxygens (including phenoxy) is 4. The van der Waals surface area contributed by atoms with Crippen molar-refractivity contribution in [2.45, 2.75) is 81.4 Å². The van der Waals surface area contributed by atoms with E-state index in [1.54, 1.807) is 85.7 Å². The van der Waals surface area contributed by atoms with Crippen LogP contribution in [0.5, 0.6) is 0 Å². The number of allylic oxidation sites excluding steroid dienone is 1. The maximum Gasteiger partial charge on any atom is 0.411 e. The topological polar surface area (TPSA) is 205 Å². The second-order valence-electron chi connectivity index (χ2n) is 13.0. The van der Waals surface area contributed by atoms with E-state index in [4.69, 9.17) is 33.5 Å². The summed E-state index contributed by atoms with van der Waals surface area (Å²) in [5.41, 5.74) is 8.85. The first-order valence-electron chi connectivity index (χ1n) is 15.6. The minimum absolute atomic E-state index is 0.00731. The molecule has 0 aliphatic heterocycles. The number of benzene rings is 1. The van der Waals surface area contributed by atoms with Crippen LogP contribution >= 0.6 is 7.60 Å². The van der Waals surface area contributed by atoms with Crippen molar-refractivity contribution in [2.75, 3.05) is 44.9 Å². The van der Waals surface area contributed by atoms with Gasteiger partial charge in [0.25, 0.3) is 0 Å². The summed E-state index contributed by atoms with van der Waals surface area (Å²) in [5, 5.41) is 5.98. The fraction of sp³-hybridized carbons (Fsp3) is 0.625. The highest BCUT2D eigenvalue weighted by atomic mass is 31.2. The maximum absolute atomic E-state index is 13.4. The minimum atomic E-state index is -3.84. The molecule has 0 aliphatic carbocycles. The van der Waals surface area contributed by atoms with E-state index >= 15 is 0 Å². The van der Waals surface area contributed by atoms with Gasteiger partial charge in [-0.05, 0) is 92.0 Å². The zero-order valence-electron chi connectivity index (χ0n) is 29.8. The zero-order chi connectivity index (χ0) is 37.3. The van der Waals surface area contributed by atoms with E-state index in [0.29, 0.717) is 17.8 Å². The fourth-order valence-electron chi connectivity index (χ4n) is 3.33. The number of carbonyl (C=O) groups excluding carboxylic acids is 4. The van der Waals surface area contributed by atoms with E-state index in [2.05, 4.69) is 15.3 Å². The number of nitrogens with zero attached hydrogens (tertiary/aromatic N) is 4. The standard InChI is InChI=1S/C32H50N5O11P/c1-10-37(30(41)44-19-25-13-15-26(16-14-25)34-27(38)24(3)35-36-33)20-43-18-23(2)12-11-17-49(42,47-21-45-28(39)31(4,5)6)48-22-46-29(40)32(7,8)9/h12-16,24H,10-11,17-22H2,1-9H3,(H,34,38)/b23-12+/t24-/m0/s1. The van der Waals surface area contributed by atoms with E-state index in [-0.39, 0.29) is 32.5 Å². The number of azide groups is 1. The second kappa shape index (κ2) is 20.5. The van der Waals surface area contributed by atoms with Crippen molar-refractivity contribution in [3.63, 3.8) is 0 Å². The van der Waals surface area contributed by atoms with Crippen molar-refractivity contribution in [1.82, 2.24) is 4.90 Å². The van der Waals surface area contributed by atoms with Crippen LogP contribution in [0.25, 0.3) is 10.4 Å². The highest BCUT2D eigenvalue weighted by molar-refractivity contribution is 7.53. The van der Waals surface area contributed by atoms with Crippen LogP contribution < -0.4 is 5.32 Å². The number of anilines is 1. The molecule has 0 bridgehead atoms. The molecule has 0 saturated carbocycles. The van der Waals surface area contributed by atoms with Crippen LogP contribution in [0.1, 0.15) is 74.3 Å². The molecule has 2 amide bonds. The van der Waals surface area contributed by atoms with Gasteiger partial charge in [-0.25, -0.2) is 4.79 Å². The average molecular weight is 712 g/mol. The lowest BCUT2D eigenvalue weighted by atomic mass is 9.98. The van der Waals surface area contributed by atoms with Crippen molar-refractivity contribution in [3.8, 4) is 0 Å². The van der Waals surface area contributed by atoms with Gasteiger partial charge in [0.15, 0.2) is 0 Å². The molecule has 0 fully saturated rings. The Morgan fingerprint density at radius 3 is 2.02 bits per heavy atom. The molecule has 0 radical (unpaired) electrons. The number of hydrogen-bond donors (Lipinski definition) is 1. The third-order valence-electron chi connectivity index (χ3n) is 6.40. The Balaban J connectivity index is 2.62. The smallest absolute Gasteiger partial charge is 0.411 e. The summed E-state index contributed by atoms with van der Waals surface area (Å²) in [7, 11) is -3.84. The van der Waals surface area contributed by atoms with Crippen molar-refractivity contribution in [2.24, 2.45) is 15.9 Å². The number of amides is 2. The van der Waals surface area contributed by atoms with Gasteiger partial charge in [0.2, 0.25) is 19.5 Å². The molecule has 0 heterocycles. The first-order chi connectivity index (χ1) is 22.8. The van der Waals surface area contributed by atoms with Crippen molar-refractivity contribution < 1.29 is 51.7 Å². The first-order valence-corrected chi connectivity index (χ1v) is 17.4. The Morgan fingerprint density at radius 2 is 1.53 bits per heavy atom. The summed E-state index contributed by atoms with van der Waals surface area (Å²) in [6.07, 6.45) is 1.32. The highest BCUT2D eigenvalue weighted by Crippen LogP contribution is 2.49. The van der Waals surface area contributed by atoms with Crippen LogP contribution in [-0.2, 0) is 53.6 Å². The summed E-state index contributed by atoms with van der Waals surface area (Å²) in [6.45, 7) is 14.3. The summed E-state index contributed by atoms with van der Waals surface area (Å²) in [4.78, 5) is 52.7. The molecule has 1 N–H and O–H groups in total. The Hall–Kier alpha value is -3.94. The largest absolute Gasteiger partial charge is 0.444 e. The van der Waals surface area contributed by atoms with E-state index in [1.165, 1.54) is 11.8 Å². The van der Waals surface area contributed by atoms with Gasteiger partial charge in [-0.2, -0.15) is 0 Å². The van der Waals surface area contributed by atoms with Crippen LogP contribution in [0.3, 0.4) is 0 Å². The fourth-order valence-corrected chi connectivity index (χ4v) is 4.54. The molecule has 274 valence electrons. The Kier molecular flexibility index (Phi) is 18.1. The Bertz CT molecular complexity index is 1340. The molecule has 0 aromatic heterocycles. The lowest BCUT2D eigenvalue weighted by molar-refractivity contribution is -0.162. The van der Waals surface area contributed by atoms with Crippen LogP contribution in [-0.4, -0.2) is 74.5 Å². The number of nitrogens with one attached hydrogen (secondary N) is 1. The van der Waals surface area contributed by atoms with E-state index in [1.807, 2.05) is 0 Å². The normalized spacial score (nSPS) is 12.7. The molecular weight excluding hydrogens is 661 g/mol. The predicted molar refractivity (Wildman–Crippen MR) is 181 cm³/mol. The van der Waals surface area contributed by atoms with Gasteiger partial charge in [0.05, 0.1) is 23.6 Å². The van der Waals surface area contributed by atoms with E-state index in [0.717, 1.165) is 5.57 Å². The van der Waals surface area contributed by atoms with Gasteiger partial charge < -0.3 is 24.3 Å². The summed E-state index contributed by atoms with van der Waals surface area (Å²) < 4.78 is 45.3. The maximum atomic E-state index is 13.4. The third kappa shape index (κ3) is 17.3. The summed E-state index contributed by atoms with van der Waals surface area (Å²) in [5.74, 6) is -1.55. The van der Waals surface area contributed by atoms with Gasteiger partial charge in [-0.15, -0.1) is 0 Å². The van der Waals surface area contributed by atoms with Crippen molar-refractivity contribution in [1.29, 1.82) is 0 Å². The van der Waals surface area contributed by atoms with Crippen LogP contribution in [0.4, 0.5) is 10.5 Å². The van der Waals surface area contributed by atoms with Crippen LogP contribution in [0.2, 0.25) is 0 Å². The highest BCUT2D eigenvalue weighted by Gasteiger charge is 2.29. The quantitative estimate of drug-likeness (QED) is 0.0228.